The van der Waals surface area contributed by atoms with Crippen LogP contribution in [0.25, 0.3) is 0 Å². The Morgan fingerprint density at radius 3 is 2.81 bits per heavy atom. The van der Waals surface area contributed by atoms with Crippen molar-refractivity contribution in [1.82, 2.24) is 4.90 Å². The van der Waals surface area contributed by atoms with Gasteiger partial charge >= 0.3 is 0 Å². The lowest BCUT2D eigenvalue weighted by Crippen LogP contribution is -2.41. The van der Waals surface area contributed by atoms with Crippen molar-refractivity contribution in [2.75, 3.05) is 26.2 Å². The van der Waals surface area contributed by atoms with Gasteiger partial charge in [-0.25, -0.2) is 0 Å². The SMILES string of the molecule is NCCCOC1CCN(C(=O)c2cc(Cl)ccc2Br)CC1. The quantitative estimate of drug-likeness (QED) is 0.805. The highest BCUT2D eigenvalue weighted by molar-refractivity contribution is 9.10. The normalized spacial score (nSPS) is 16.2. The van der Waals surface area contributed by atoms with Gasteiger partial charge in [0.05, 0.1) is 11.7 Å². The van der Waals surface area contributed by atoms with Gasteiger partial charge in [0.1, 0.15) is 0 Å². The number of piperidine rings is 1. The predicted octanol–water partition coefficient (Wildman–Crippen LogP) is 3.07. The summed E-state index contributed by atoms with van der Waals surface area (Å²) in [7, 11) is 0. The number of carbonyl (C=O) groups is 1. The van der Waals surface area contributed by atoms with Crippen molar-refractivity contribution in [2.45, 2.75) is 25.4 Å². The smallest absolute Gasteiger partial charge is 0.255 e. The highest BCUT2D eigenvalue weighted by atomic mass is 79.9. The fraction of sp³-hybridized carbons (Fsp3) is 0.533. The van der Waals surface area contributed by atoms with Crippen LogP contribution in [0, 0.1) is 0 Å². The second-order valence-corrected chi connectivity index (χ2v) is 6.42. The van der Waals surface area contributed by atoms with E-state index in [1.54, 1.807) is 18.2 Å². The molecule has 6 heteroatoms. The fourth-order valence-electron chi connectivity index (χ4n) is 2.39. The molecule has 0 unspecified atom stereocenters. The van der Waals surface area contributed by atoms with Crippen LogP contribution in [-0.2, 0) is 4.74 Å². The van der Waals surface area contributed by atoms with E-state index in [-0.39, 0.29) is 12.0 Å². The molecule has 1 heterocycles. The van der Waals surface area contributed by atoms with E-state index in [1.807, 2.05) is 4.90 Å². The van der Waals surface area contributed by atoms with Crippen molar-refractivity contribution in [3.63, 3.8) is 0 Å². The number of likely N-dealkylation sites (tertiary alicyclic amines) is 1. The Labute approximate surface area is 138 Å². The van der Waals surface area contributed by atoms with E-state index < -0.39 is 0 Å². The van der Waals surface area contributed by atoms with Gasteiger partial charge in [-0.3, -0.25) is 4.79 Å². The van der Waals surface area contributed by atoms with Gasteiger partial charge in [-0.15, -0.1) is 0 Å². The number of nitrogens with two attached hydrogens (primary N) is 1. The molecule has 116 valence electrons. The summed E-state index contributed by atoms with van der Waals surface area (Å²) in [6.45, 7) is 2.78. The molecule has 0 atom stereocenters. The van der Waals surface area contributed by atoms with Gasteiger partial charge < -0.3 is 15.4 Å². The molecule has 0 spiro atoms. The molecule has 1 aromatic carbocycles. The Bertz CT molecular complexity index is 491. The van der Waals surface area contributed by atoms with Gasteiger partial charge in [0.25, 0.3) is 5.91 Å². The number of rotatable bonds is 5. The lowest BCUT2D eigenvalue weighted by molar-refractivity contribution is 0.00842. The second-order valence-electron chi connectivity index (χ2n) is 5.13. The minimum Gasteiger partial charge on any atom is -0.378 e. The maximum absolute atomic E-state index is 12.5. The Balaban J connectivity index is 1.89. The van der Waals surface area contributed by atoms with Crippen LogP contribution in [0.1, 0.15) is 29.6 Å². The van der Waals surface area contributed by atoms with Crippen molar-refractivity contribution in [2.24, 2.45) is 5.73 Å². The molecular formula is C15H20BrClN2O2. The van der Waals surface area contributed by atoms with Crippen LogP contribution in [0.15, 0.2) is 22.7 Å². The molecule has 2 N–H and O–H groups in total. The first kappa shape index (κ1) is 16.7. The zero-order chi connectivity index (χ0) is 15.2. The van der Waals surface area contributed by atoms with Crippen LogP contribution < -0.4 is 5.73 Å². The Hall–Kier alpha value is -0.620. The zero-order valence-electron chi connectivity index (χ0n) is 11.9. The molecule has 1 fully saturated rings. The molecule has 1 aliphatic rings. The van der Waals surface area contributed by atoms with Gasteiger partial charge in [0.15, 0.2) is 0 Å². The first-order chi connectivity index (χ1) is 10.1. The third-order valence-electron chi connectivity index (χ3n) is 3.59. The predicted molar refractivity (Wildman–Crippen MR) is 87.7 cm³/mol. The Morgan fingerprint density at radius 2 is 2.14 bits per heavy atom. The largest absolute Gasteiger partial charge is 0.378 e. The van der Waals surface area contributed by atoms with E-state index in [9.17, 15) is 4.79 Å². The summed E-state index contributed by atoms with van der Waals surface area (Å²) in [5.41, 5.74) is 6.06. The summed E-state index contributed by atoms with van der Waals surface area (Å²) in [5.74, 6) is 0.0183. The number of hydrogen-bond acceptors (Lipinski definition) is 3. The maximum atomic E-state index is 12.5. The number of benzene rings is 1. The van der Waals surface area contributed by atoms with E-state index in [0.29, 0.717) is 36.8 Å². The highest BCUT2D eigenvalue weighted by Gasteiger charge is 2.25. The van der Waals surface area contributed by atoms with Gasteiger partial charge in [-0.2, -0.15) is 0 Å². The van der Waals surface area contributed by atoms with Crippen molar-refractivity contribution in [3.05, 3.63) is 33.3 Å². The molecule has 0 aliphatic carbocycles. The number of carbonyl (C=O) groups excluding carboxylic acids is 1. The molecule has 0 radical (unpaired) electrons. The lowest BCUT2D eigenvalue weighted by atomic mass is 10.1. The van der Waals surface area contributed by atoms with Crippen LogP contribution >= 0.6 is 27.5 Å². The molecule has 21 heavy (non-hydrogen) atoms. The number of amides is 1. The third kappa shape index (κ3) is 4.68. The molecule has 4 nitrogen and oxygen atoms in total. The highest BCUT2D eigenvalue weighted by Crippen LogP contribution is 2.24. The summed E-state index contributed by atoms with van der Waals surface area (Å²) in [6, 6.07) is 5.27. The number of halogens is 2. The zero-order valence-corrected chi connectivity index (χ0v) is 14.2. The summed E-state index contributed by atoms with van der Waals surface area (Å²) in [6.07, 6.45) is 2.86. The summed E-state index contributed by atoms with van der Waals surface area (Å²) in [5, 5.41) is 0.571. The van der Waals surface area contributed by atoms with Gasteiger partial charge in [0, 0.05) is 29.2 Å². The first-order valence-electron chi connectivity index (χ1n) is 7.18. The van der Waals surface area contributed by atoms with Gasteiger partial charge in [-0.1, -0.05) is 11.6 Å². The van der Waals surface area contributed by atoms with E-state index >= 15 is 0 Å². The monoisotopic (exact) mass is 374 g/mol. The molecule has 0 saturated carbocycles. The molecule has 0 aromatic heterocycles. The molecule has 1 saturated heterocycles. The average molecular weight is 376 g/mol. The van der Waals surface area contributed by atoms with E-state index in [1.165, 1.54) is 0 Å². The second kappa shape index (κ2) is 8.13. The van der Waals surface area contributed by atoms with E-state index in [2.05, 4.69) is 15.9 Å². The van der Waals surface area contributed by atoms with Crippen molar-refractivity contribution < 1.29 is 9.53 Å². The standard InChI is InChI=1S/C15H20BrClN2O2/c16-14-3-2-11(17)10-13(14)15(20)19-7-4-12(5-8-19)21-9-1-6-18/h2-3,10,12H,1,4-9,18H2. The number of nitrogens with zero attached hydrogens (tertiary/aromatic N) is 1. The van der Waals surface area contributed by atoms with Crippen LogP contribution in [0.3, 0.4) is 0 Å². The third-order valence-corrected chi connectivity index (χ3v) is 4.52. The average Bonchev–Trinajstić information content (AvgIpc) is 2.50. The minimum absolute atomic E-state index is 0.0183. The van der Waals surface area contributed by atoms with Crippen LogP contribution in [0.2, 0.25) is 5.02 Å². The molecular weight excluding hydrogens is 356 g/mol. The van der Waals surface area contributed by atoms with Crippen LogP contribution in [0.5, 0.6) is 0 Å². The van der Waals surface area contributed by atoms with Crippen LogP contribution in [0.4, 0.5) is 0 Å². The number of hydrogen-bond donors (Lipinski definition) is 1. The van der Waals surface area contributed by atoms with E-state index in [4.69, 9.17) is 22.1 Å². The molecule has 1 aromatic rings. The van der Waals surface area contributed by atoms with Crippen molar-refractivity contribution in [3.8, 4) is 0 Å². The minimum atomic E-state index is 0.0183. The van der Waals surface area contributed by atoms with Gasteiger partial charge in [-0.05, 0) is 59.9 Å². The molecule has 2 rings (SSSR count). The molecule has 1 amide bonds. The summed E-state index contributed by atoms with van der Waals surface area (Å²) >= 11 is 9.38. The maximum Gasteiger partial charge on any atom is 0.255 e. The fourth-order valence-corrected chi connectivity index (χ4v) is 2.98. The van der Waals surface area contributed by atoms with Gasteiger partial charge in [0.2, 0.25) is 0 Å². The summed E-state index contributed by atoms with van der Waals surface area (Å²) in [4.78, 5) is 14.4. The van der Waals surface area contributed by atoms with Crippen molar-refractivity contribution in [1.29, 1.82) is 0 Å². The first-order valence-corrected chi connectivity index (χ1v) is 8.35. The molecule has 1 aliphatic heterocycles. The Kier molecular flexibility index (Phi) is 6.48. The van der Waals surface area contributed by atoms with Crippen LogP contribution in [-0.4, -0.2) is 43.2 Å². The van der Waals surface area contributed by atoms with Crippen molar-refractivity contribution >= 4 is 33.4 Å². The topological polar surface area (TPSA) is 55.6 Å². The lowest BCUT2D eigenvalue weighted by Gasteiger charge is -2.32. The Morgan fingerprint density at radius 1 is 1.43 bits per heavy atom. The van der Waals surface area contributed by atoms with E-state index in [0.717, 1.165) is 23.7 Å². The summed E-state index contributed by atoms with van der Waals surface area (Å²) < 4.78 is 6.53. The molecule has 0 bridgehead atoms. The number of ether oxygens (including phenoxy) is 1.